The second-order valence-electron chi connectivity index (χ2n) is 3.32. The van der Waals surface area contributed by atoms with Gasteiger partial charge in [-0.1, -0.05) is 6.92 Å². The van der Waals surface area contributed by atoms with Crippen LogP contribution in [0.3, 0.4) is 0 Å². The number of aromatic amines is 1. The van der Waals surface area contributed by atoms with E-state index < -0.39 is 0 Å². The first-order valence-corrected chi connectivity index (χ1v) is 3.88. The Balaban J connectivity index is 2.27. The molecular formula is C7H12N4. The molecule has 0 bridgehead atoms. The van der Waals surface area contributed by atoms with Crippen LogP contribution in [0.1, 0.15) is 19.2 Å². The molecule has 0 aliphatic carbocycles. The normalized spacial score (nSPS) is 31.0. The van der Waals surface area contributed by atoms with Gasteiger partial charge >= 0.3 is 0 Å². The first-order chi connectivity index (χ1) is 5.31. The summed E-state index contributed by atoms with van der Waals surface area (Å²) < 4.78 is 0. The molecular weight excluding hydrogens is 140 g/mol. The molecule has 0 aromatic carbocycles. The maximum Gasteiger partial charge on any atom is 0.137 e. The summed E-state index contributed by atoms with van der Waals surface area (Å²) in [4.78, 5) is 4.16. The van der Waals surface area contributed by atoms with Crippen LogP contribution in [0.25, 0.3) is 0 Å². The highest BCUT2D eigenvalue weighted by atomic mass is 15.2. The molecule has 2 rings (SSSR count). The highest BCUT2D eigenvalue weighted by Crippen LogP contribution is 2.26. The van der Waals surface area contributed by atoms with E-state index in [1.165, 1.54) is 0 Å². The third kappa shape index (κ3) is 1.03. The van der Waals surface area contributed by atoms with Crippen LogP contribution in [0.2, 0.25) is 0 Å². The Kier molecular flexibility index (Phi) is 1.42. The summed E-state index contributed by atoms with van der Waals surface area (Å²) in [5.74, 6) is 1.00. The Morgan fingerprint density at radius 2 is 2.55 bits per heavy atom. The Labute approximate surface area is 65.4 Å². The Morgan fingerprint density at radius 1 is 1.64 bits per heavy atom. The first kappa shape index (κ1) is 6.79. The van der Waals surface area contributed by atoms with Gasteiger partial charge in [-0.05, 0) is 13.0 Å². The molecule has 0 spiro atoms. The molecule has 2 N–H and O–H groups in total. The molecule has 2 heterocycles. The largest absolute Gasteiger partial charge is 0.316 e. The lowest BCUT2D eigenvalue weighted by Gasteiger charge is -2.18. The van der Waals surface area contributed by atoms with Crippen molar-refractivity contribution in [3.8, 4) is 0 Å². The molecule has 1 saturated heterocycles. The minimum absolute atomic E-state index is 0.177. The van der Waals surface area contributed by atoms with Crippen LogP contribution < -0.4 is 5.32 Å². The van der Waals surface area contributed by atoms with Gasteiger partial charge in [0, 0.05) is 12.0 Å². The molecule has 0 saturated carbocycles. The molecule has 1 aliphatic rings. The van der Waals surface area contributed by atoms with Gasteiger partial charge in [0.1, 0.15) is 12.2 Å². The third-order valence-electron chi connectivity index (χ3n) is 2.36. The van der Waals surface area contributed by atoms with E-state index in [0.717, 1.165) is 25.3 Å². The van der Waals surface area contributed by atoms with Gasteiger partial charge in [-0.25, -0.2) is 4.98 Å². The van der Waals surface area contributed by atoms with Crippen molar-refractivity contribution in [2.45, 2.75) is 18.8 Å². The van der Waals surface area contributed by atoms with Crippen LogP contribution in [-0.2, 0) is 5.41 Å². The molecule has 60 valence electrons. The zero-order chi connectivity index (χ0) is 7.73. The average molecular weight is 152 g/mol. The molecule has 4 nitrogen and oxygen atoms in total. The van der Waals surface area contributed by atoms with Crippen molar-refractivity contribution in [2.75, 3.05) is 13.1 Å². The smallest absolute Gasteiger partial charge is 0.137 e. The van der Waals surface area contributed by atoms with Crippen molar-refractivity contribution in [1.29, 1.82) is 0 Å². The van der Waals surface area contributed by atoms with Crippen molar-refractivity contribution in [3.63, 3.8) is 0 Å². The summed E-state index contributed by atoms with van der Waals surface area (Å²) in [5, 5.41) is 10.1. The fourth-order valence-electron chi connectivity index (χ4n) is 1.52. The van der Waals surface area contributed by atoms with Crippen molar-refractivity contribution in [3.05, 3.63) is 12.2 Å². The van der Waals surface area contributed by atoms with Crippen LogP contribution in [0.5, 0.6) is 0 Å². The zero-order valence-electron chi connectivity index (χ0n) is 6.59. The van der Waals surface area contributed by atoms with Crippen LogP contribution in [0, 0.1) is 0 Å². The maximum absolute atomic E-state index is 4.16. The molecule has 1 aromatic rings. The van der Waals surface area contributed by atoms with Crippen LogP contribution >= 0.6 is 0 Å². The van der Waals surface area contributed by atoms with E-state index >= 15 is 0 Å². The van der Waals surface area contributed by atoms with Gasteiger partial charge < -0.3 is 5.32 Å². The third-order valence-corrected chi connectivity index (χ3v) is 2.36. The number of hydrogen-bond acceptors (Lipinski definition) is 3. The van der Waals surface area contributed by atoms with Gasteiger partial charge in [0.2, 0.25) is 0 Å². The molecule has 1 aliphatic heterocycles. The molecule has 1 fully saturated rings. The van der Waals surface area contributed by atoms with Crippen LogP contribution in [0.4, 0.5) is 0 Å². The lowest BCUT2D eigenvalue weighted by atomic mass is 9.89. The number of nitrogens with zero attached hydrogens (tertiary/aromatic N) is 2. The summed E-state index contributed by atoms with van der Waals surface area (Å²) in [6.07, 6.45) is 2.71. The van der Waals surface area contributed by atoms with Gasteiger partial charge in [0.05, 0.1) is 0 Å². The summed E-state index contributed by atoms with van der Waals surface area (Å²) >= 11 is 0. The van der Waals surface area contributed by atoms with Gasteiger partial charge in [-0.2, -0.15) is 5.10 Å². The van der Waals surface area contributed by atoms with Crippen molar-refractivity contribution < 1.29 is 0 Å². The van der Waals surface area contributed by atoms with Gasteiger partial charge in [0.15, 0.2) is 0 Å². The molecule has 1 atom stereocenters. The van der Waals surface area contributed by atoms with Crippen molar-refractivity contribution in [1.82, 2.24) is 20.5 Å². The Bertz CT molecular complexity index is 223. The van der Waals surface area contributed by atoms with E-state index in [4.69, 9.17) is 0 Å². The zero-order valence-corrected chi connectivity index (χ0v) is 6.59. The molecule has 1 aromatic heterocycles. The lowest BCUT2D eigenvalue weighted by molar-refractivity contribution is 0.491. The second kappa shape index (κ2) is 2.30. The van der Waals surface area contributed by atoms with E-state index in [-0.39, 0.29) is 5.41 Å². The van der Waals surface area contributed by atoms with Gasteiger partial charge in [-0.3, -0.25) is 5.10 Å². The minimum atomic E-state index is 0.177. The summed E-state index contributed by atoms with van der Waals surface area (Å²) in [7, 11) is 0. The predicted octanol–water partition coefficient (Wildman–Crippen LogP) is 0.0557. The fourth-order valence-corrected chi connectivity index (χ4v) is 1.52. The Morgan fingerprint density at radius 3 is 3.09 bits per heavy atom. The van der Waals surface area contributed by atoms with E-state index in [9.17, 15) is 0 Å². The molecule has 0 radical (unpaired) electrons. The van der Waals surface area contributed by atoms with E-state index in [0.29, 0.717) is 0 Å². The standard InChI is InChI=1S/C7H12N4/c1-7(2-3-8-4-7)6-9-5-10-11-6/h5,8H,2-4H2,1H3,(H,9,10,11). The predicted molar refractivity (Wildman–Crippen MR) is 41.2 cm³/mol. The number of rotatable bonds is 1. The highest BCUT2D eigenvalue weighted by Gasteiger charge is 2.32. The summed E-state index contributed by atoms with van der Waals surface area (Å²) in [6.45, 7) is 4.28. The van der Waals surface area contributed by atoms with Crippen molar-refractivity contribution >= 4 is 0 Å². The number of nitrogens with one attached hydrogen (secondary N) is 2. The molecule has 11 heavy (non-hydrogen) atoms. The summed E-state index contributed by atoms with van der Waals surface area (Å²) in [6, 6.07) is 0. The number of aromatic nitrogens is 3. The lowest BCUT2D eigenvalue weighted by Crippen LogP contribution is -2.26. The molecule has 4 heteroatoms. The molecule has 0 amide bonds. The van der Waals surface area contributed by atoms with Gasteiger partial charge in [0.25, 0.3) is 0 Å². The SMILES string of the molecule is CC1(c2ncn[nH]2)CCNC1. The van der Waals surface area contributed by atoms with Gasteiger partial charge in [-0.15, -0.1) is 0 Å². The molecule has 1 unspecified atom stereocenters. The second-order valence-corrected chi connectivity index (χ2v) is 3.32. The Hall–Kier alpha value is -0.900. The van der Waals surface area contributed by atoms with Crippen molar-refractivity contribution in [2.24, 2.45) is 0 Å². The van der Waals surface area contributed by atoms with E-state index in [1.807, 2.05) is 0 Å². The summed E-state index contributed by atoms with van der Waals surface area (Å²) in [5.41, 5.74) is 0.177. The highest BCUT2D eigenvalue weighted by molar-refractivity contribution is 5.08. The number of H-pyrrole nitrogens is 1. The van der Waals surface area contributed by atoms with Crippen LogP contribution in [-0.4, -0.2) is 28.3 Å². The first-order valence-electron chi connectivity index (χ1n) is 3.88. The monoisotopic (exact) mass is 152 g/mol. The topological polar surface area (TPSA) is 53.6 Å². The van der Waals surface area contributed by atoms with Crippen LogP contribution in [0.15, 0.2) is 6.33 Å². The fraction of sp³-hybridized carbons (Fsp3) is 0.714. The number of hydrogen-bond donors (Lipinski definition) is 2. The average Bonchev–Trinajstić information content (AvgIpc) is 2.55. The van der Waals surface area contributed by atoms with E-state index in [2.05, 4.69) is 27.4 Å². The maximum atomic E-state index is 4.16. The van der Waals surface area contributed by atoms with E-state index in [1.54, 1.807) is 6.33 Å². The quantitative estimate of drug-likeness (QED) is 0.598. The minimum Gasteiger partial charge on any atom is -0.316 e.